The number of hydrogen-bond donors (Lipinski definition) is 1. The van der Waals surface area contributed by atoms with Crippen molar-refractivity contribution >= 4 is 15.4 Å². The molecule has 0 bridgehead atoms. The summed E-state index contributed by atoms with van der Waals surface area (Å²) >= 11 is 0. The van der Waals surface area contributed by atoms with E-state index in [0.29, 0.717) is 22.7 Å². The molecule has 0 spiro atoms. The highest BCUT2D eigenvalue weighted by Crippen LogP contribution is 2.34. The second-order valence-corrected chi connectivity index (χ2v) is 11.4. The summed E-state index contributed by atoms with van der Waals surface area (Å²) in [5.74, 6) is 0.612. The van der Waals surface area contributed by atoms with Crippen molar-refractivity contribution in [2.75, 3.05) is 26.2 Å². The van der Waals surface area contributed by atoms with E-state index in [1.165, 1.54) is 0 Å². The number of sulfone groups is 1. The van der Waals surface area contributed by atoms with Crippen LogP contribution in [0.25, 0.3) is 5.52 Å². The maximum absolute atomic E-state index is 13.6. The normalized spacial score (nSPS) is 13.1. The fourth-order valence-corrected chi connectivity index (χ4v) is 6.03. The maximum atomic E-state index is 13.6. The molecule has 35 heavy (non-hydrogen) atoms. The summed E-state index contributed by atoms with van der Waals surface area (Å²) in [6.07, 6.45) is 7.65. The zero-order valence-electron chi connectivity index (χ0n) is 21.5. The molecule has 0 radical (unpaired) electrons. The van der Waals surface area contributed by atoms with Crippen molar-refractivity contribution in [2.45, 2.75) is 75.2 Å². The van der Waals surface area contributed by atoms with Crippen molar-refractivity contribution in [1.29, 1.82) is 0 Å². The van der Waals surface area contributed by atoms with Crippen molar-refractivity contribution in [3.05, 3.63) is 60.4 Å². The number of unbranched alkanes of at least 4 members (excludes halogenated alkanes) is 2. The predicted molar refractivity (Wildman–Crippen MR) is 141 cm³/mol. The van der Waals surface area contributed by atoms with Crippen LogP contribution in [0.5, 0.6) is 5.75 Å². The fourth-order valence-electron chi connectivity index (χ4n) is 4.26. The second-order valence-electron chi connectivity index (χ2n) is 9.51. The van der Waals surface area contributed by atoms with E-state index >= 15 is 0 Å². The fraction of sp³-hybridized carbons (Fsp3) is 0.500. The van der Waals surface area contributed by atoms with Crippen molar-refractivity contribution < 1.29 is 18.3 Å². The molecule has 0 saturated carbocycles. The topological polar surface area (TPSA) is 71.2 Å². The van der Waals surface area contributed by atoms with Crippen LogP contribution in [0, 0.1) is 0 Å². The summed E-state index contributed by atoms with van der Waals surface area (Å²) in [6, 6.07) is 12.1. The van der Waals surface area contributed by atoms with Gasteiger partial charge in [-0.25, -0.2) is 8.42 Å². The molecule has 7 heteroatoms. The Morgan fingerprint density at radius 2 is 1.66 bits per heavy atom. The molecule has 6 nitrogen and oxygen atoms in total. The minimum atomic E-state index is -3.71. The van der Waals surface area contributed by atoms with E-state index < -0.39 is 15.9 Å². The predicted octanol–water partition coefficient (Wildman–Crippen LogP) is 5.54. The third-order valence-corrected chi connectivity index (χ3v) is 8.13. The Balaban J connectivity index is 1.70. The molecule has 1 unspecified atom stereocenters. The Hall–Kier alpha value is -2.35. The minimum Gasteiger partial charge on any atom is -0.491 e. The second kappa shape index (κ2) is 12.6. The van der Waals surface area contributed by atoms with Crippen LogP contribution in [0.1, 0.15) is 64.9 Å². The van der Waals surface area contributed by atoms with Crippen LogP contribution in [0.15, 0.2) is 64.6 Å². The number of rotatable bonds is 14. The van der Waals surface area contributed by atoms with Crippen LogP contribution in [0.3, 0.4) is 0 Å². The lowest BCUT2D eigenvalue weighted by Gasteiger charge is -2.25. The van der Waals surface area contributed by atoms with Crippen LogP contribution in [-0.2, 0) is 9.84 Å². The number of nitrogens with zero attached hydrogens (tertiary/aromatic N) is 2. The molecule has 0 aliphatic rings. The van der Waals surface area contributed by atoms with Gasteiger partial charge in [-0.15, -0.1) is 0 Å². The molecule has 1 atom stereocenters. The highest BCUT2D eigenvalue weighted by molar-refractivity contribution is 7.91. The summed E-state index contributed by atoms with van der Waals surface area (Å²) in [4.78, 5) is 2.89. The van der Waals surface area contributed by atoms with Gasteiger partial charge in [0.2, 0.25) is 9.84 Å². The van der Waals surface area contributed by atoms with Gasteiger partial charge >= 0.3 is 0 Å². The Kier molecular flexibility index (Phi) is 9.78. The number of benzene rings is 1. The maximum Gasteiger partial charge on any atom is 0.209 e. The van der Waals surface area contributed by atoms with E-state index in [9.17, 15) is 13.5 Å². The lowest BCUT2D eigenvalue weighted by Crippen LogP contribution is -2.36. The molecule has 1 aromatic carbocycles. The minimum absolute atomic E-state index is 0.0676. The van der Waals surface area contributed by atoms with Gasteiger partial charge in [0.05, 0.1) is 10.4 Å². The molecule has 0 aliphatic heterocycles. The number of aliphatic hydroxyl groups is 1. The largest absolute Gasteiger partial charge is 0.491 e. The Morgan fingerprint density at radius 3 is 2.26 bits per heavy atom. The lowest BCUT2D eigenvalue weighted by atomic mass is 10.1. The van der Waals surface area contributed by atoms with Gasteiger partial charge in [0.25, 0.3) is 0 Å². The number of aliphatic hydroxyl groups excluding tert-OH is 1. The molecule has 0 aliphatic carbocycles. The summed E-state index contributed by atoms with van der Waals surface area (Å²) in [5, 5.41) is 10.5. The first kappa shape index (κ1) is 27.2. The smallest absolute Gasteiger partial charge is 0.209 e. The van der Waals surface area contributed by atoms with E-state index in [1.807, 2.05) is 48.8 Å². The molecule has 0 amide bonds. The van der Waals surface area contributed by atoms with Crippen LogP contribution in [-0.4, -0.2) is 55.2 Å². The Labute approximate surface area is 210 Å². The Bertz CT molecular complexity index is 1160. The summed E-state index contributed by atoms with van der Waals surface area (Å²) in [7, 11) is -3.71. The van der Waals surface area contributed by atoms with Crippen molar-refractivity contribution in [3.63, 3.8) is 0 Å². The molecule has 1 N–H and O–H groups in total. The van der Waals surface area contributed by atoms with Crippen LogP contribution in [0.2, 0.25) is 0 Å². The summed E-state index contributed by atoms with van der Waals surface area (Å²) in [5.41, 5.74) is 1.48. The van der Waals surface area contributed by atoms with Crippen molar-refractivity contribution in [3.8, 4) is 5.75 Å². The van der Waals surface area contributed by atoms with Crippen LogP contribution in [0.4, 0.5) is 0 Å². The van der Waals surface area contributed by atoms with Gasteiger partial charge < -0.3 is 19.1 Å². The van der Waals surface area contributed by atoms with Gasteiger partial charge in [0.1, 0.15) is 23.4 Å². The Morgan fingerprint density at radius 1 is 1.00 bits per heavy atom. The third-order valence-electron chi connectivity index (χ3n) is 6.25. The quantitative estimate of drug-likeness (QED) is 0.315. The van der Waals surface area contributed by atoms with Gasteiger partial charge in [0, 0.05) is 18.9 Å². The van der Waals surface area contributed by atoms with Crippen LogP contribution < -0.4 is 4.74 Å². The van der Waals surface area contributed by atoms with E-state index in [2.05, 4.69) is 18.7 Å². The first-order chi connectivity index (χ1) is 16.8. The first-order valence-corrected chi connectivity index (χ1v) is 14.2. The molecular weight excluding hydrogens is 460 g/mol. The average Bonchev–Trinajstić information content (AvgIpc) is 3.25. The van der Waals surface area contributed by atoms with Crippen LogP contribution >= 0.6 is 0 Å². The molecule has 0 saturated heterocycles. The van der Waals surface area contributed by atoms with E-state index in [1.54, 1.807) is 24.3 Å². The number of fused-ring (bicyclic) bond motifs is 1. The van der Waals surface area contributed by atoms with Crippen molar-refractivity contribution in [2.24, 2.45) is 0 Å². The lowest BCUT2D eigenvalue weighted by molar-refractivity contribution is 0.0671. The van der Waals surface area contributed by atoms with Gasteiger partial charge in [-0.1, -0.05) is 46.6 Å². The molecule has 2 aromatic heterocycles. The van der Waals surface area contributed by atoms with E-state index in [4.69, 9.17) is 4.74 Å². The molecule has 192 valence electrons. The molecule has 2 heterocycles. The number of aromatic nitrogens is 1. The highest BCUT2D eigenvalue weighted by atomic mass is 32.2. The molecule has 0 fully saturated rings. The number of pyridine rings is 1. The highest BCUT2D eigenvalue weighted by Gasteiger charge is 2.27. The van der Waals surface area contributed by atoms with E-state index in [0.717, 1.165) is 44.3 Å². The SMILES string of the molecule is CCCCN(CCCC)CC(O)COc1ccc(S(=O)(=O)c2c(C(C)C)cn3ccccc23)cc1. The van der Waals surface area contributed by atoms with Crippen molar-refractivity contribution in [1.82, 2.24) is 9.30 Å². The standard InChI is InChI=1S/C28H40N2O4S/c1-5-7-16-29(17-8-6-2)19-23(31)21-34-24-12-14-25(15-13-24)35(32,33)28-26(22(3)4)20-30-18-10-9-11-27(28)30/h9-15,18,20,22-23,31H,5-8,16-17,19,21H2,1-4H3. The third kappa shape index (κ3) is 6.87. The van der Waals surface area contributed by atoms with Gasteiger partial charge in [-0.3, -0.25) is 0 Å². The van der Waals surface area contributed by atoms with E-state index in [-0.39, 0.29) is 17.4 Å². The number of hydrogen-bond acceptors (Lipinski definition) is 5. The number of ether oxygens (including phenoxy) is 1. The molecule has 3 rings (SSSR count). The average molecular weight is 501 g/mol. The first-order valence-electron chi connectivity index (χ1n) is 12.8. The summed E-state index contributed by atoms with van der Waals surface area (Å²) in [6.45, 7) is 11.0. The van der Waals surface area contributed by atoms with Gasteiger partial charge in [0.15, 0.2) is 0 Å². The molecule has 3 aromatic rings. The summed E-state index contributed by atoms with van der Waals surface area (Å²) < 4.78 is 34.9. The van der Waals surface area contributed by atoms with Gasteiger partial charge in [-0.2, -0.15) is 0 Å². The van der Waals surface area contributed by atoms with Gasteiger partial charge in [-0.05, 0) is 73.8 Å². The monoisotopic (exact) mass is 500 g/mol. The zero-order valence-corrected chi connectivity index (χ0v) is 22.3. The molecular formula is C28H40N2O4S. The zero-order chi connectivity index (χ0) is 25.4.